The Labute approximate surface area is 146 Å². The fourth-order valence-corrected chi connectivity index (χ4v) is 3.06. The first-order chi connectivity index (χ1) is 11.4. The molecule has 1 heterocycles. The van der Waals surface area contributed by atoms with Gasteiger partial charge in [0.25, 0.3) is 0 Å². The Bertz CT molecular complexity index is 804. The molecule has 1 N–H and O–H groups in total. The third-order valence-electron chi connectivity index (χ3n) is 4.27. The Morgan fingerprint density at radius 2 is 2.00 bits per heavy atom. The van der Waals surface area contributed by atoms with E-state index in [0.717, 1.165) is 16.8 Å². The second kappa shape index (κ2) is 6.65. The molecule has 1 aliphatic heterocycles. The van der Waals surface area contributed by atoms with Crippen LogP contribution in [0.15, 0.2) is 42.5 Å². The number of anilines is 2. The van der Waals surface area contributed by atoms with Crippen molar-refractivity contribution in [2.24, 2.45) is 5.92 Å². The Balaban J connectivity index is 1.73. The van der Waals surface area contributed by atoms with Crippen molar-refractivity contribution in [3.05, 3.63) is 58.6 Å². The third kappa shape index (κ3) is 3.44. The fourth-order valence-electron chi connectivity index (χ4n) is 2.89. The van der Waals surface area contributed by atoms with Crippen molar-refractivity contribution in [3.63, 3.8) is 0 Å². The predicted molar refractivity (Wildman–Crippen MR) is 96.5 cm³/mol. The average molecular weight is 343 g/mol. The lowest BCUT2D eigenvalue weighted by Crippen LogP contribution is -2.28. The van der Waals surface area contributed by atoms with Crippen molar-refractivity contribution in [2.75, 3.05) is 16.8 Å². The minimum absolute atomic E-state index is 0.0245. The van der Waals surface area contributed by atoms with Crippen LogP contribution in [0.25, 0.3) is 0 Å². The Morgan fingerprint density at radius 1 is 1.21 bits per heavy atom. The maximum atomic E-state index is 12.5. The summed E-state index contributed by atoms with van der Waals surface area (Å²) in [5.41, 5.74) is 3.55. The Kier molecular flexibility index (Phi) is 4.58. The fraction of sp³-hybridized carbons (Fsp3) is 0.263. The van der Waals surface area contributed by atoms with Gasteiger partial charge in [0.2, 0.25) is 11.8 Å². The molecule has 2 aromatic carbocycles. The van der Waals surface area contributed by atoms with Crippen LogP contribution in [-0.4, -0.2) is 18.4 Å². The third-order valence-corrected chi connectivity index (χ3v) is 4.50. The van der Waals surface area contributed by atoms with Gasteiger partial charge in [0.1, 0.15) is 0 Å². The molecule has 0 aliphatic carbocycles. The van der Waals surface area contributed by atoms with Crippen LogP contribution in [0, 0.1) is 19.8 Å². The lowest BCUT2D eigenvalue weighted by Gasteiger charge is -2.17. The highest BCUT2D eigenvalue weighted by molar-refractivity contribution is 6.31. The van der Waals surface area contributed by atoms with E-state index in [1.54, 1.807) is 17.0 Å². The topological polar surface area (TPSA) is 49.4 Å². The number of halogens is 1. The minimum atomic E-state index is -0.364. The van der Waals surface area contributed by atoms with Crippen molar-refractivity contribution in [1.82, 2.24) is 0 Å². The predicted octanol–water partition coefficient (Wildman–Crippen LogP) is 3.95. The van der Waals surface area contributed by atoms with Gasteiger partial charge in [-0.25, -0.2) is 0 Å². The molecular weight excluding hydrogens is 324 g/mol. The summed E-state index contributed by atoms with van der Waals surface area (Å²) in [6, 6.07) is 13.1. The molecule has 1 atom stereocenters. The molecular formula is C19H19ClN2O2. The highest BCUT2D eigenvalue weighted by Gasteiger charge is 2.35. The first-order valence-electron chi connectivity index (χ1n) is 7.88. The maximum Gasteiger partial charge on any atom is 0.229 e. The summed E-state index contributed by atoms with van der Waals surface area (Å²) in [5.74, 6) is -0.538. The summed E-state index contributed by atoms with van der Waals surface area (Å²) >= 11 is 5.99. The van der Waals surface area contributed by atoms with Crippen LogP contribution in [0.4, 0.5) is 11.4 Å². The van der Waals surface area contributed by atoms with E-state index in [4.69, 9.17) is 11.6 Å². The highest BCUT2D eigenvalue weighted by atomic mass is 35.5. The van der Waals surface area contributed by atoms with Gasteiger partial charge in [0.05, 0.1) is 5.92 Å². The number of aryl methyl sites for hydroxylation is 2. The number of hydrogen-bond donors (Lipinski definition) is 1. The van der Waals surface area contributed by atoms with E-state index in [9.17, 15) is 9.59 Å². The monoisotopic (exact) mass is 342 g/mol. The van der Waals surface area contributed by atoms with Gasteiger partial charge < -0.3 is 10.2 Å². The van der Waals surface area contributed by atoms with Crippen LogP contribution in [0.2, 0.25) is 5.02 Å². The number of carbonyl (C=O) groups is 2. The normalized spacial score (nSPS) is 17.2. The molecule has 1 saturated heterocycles. The van der Waals surface area contributed by atoms with E-state index in [1.165, 1.54) is 0 Å². The molecule has 2 aromatic rings. The van der Waals surface area contributed by atoms with Gasteiger partial charge in [0, 0.05) is 29.4 Å². The summed E-state index contributed by atoms with van der Waals surface area (Å²) < 4.78 is 0. The van der Waals surface area contributed by atoms with Crippen LogP contribution in [0.1, 0.15) is 17.5 Å². The van der Waals surface area contributed by atoms with Gasteiger partial charge in [-0.2, -0.15) is 0 Å². The van der Waals surface area contributed by atoms with Crippen LogP contribution < -0.4 is 10.2 Å². The SMILES string of the molecule is Cc1cccc(N2C[C@@H](C(=O)Nc3cc(Cl)ccc3C)CC2=O)c1. The van der Waals surface area contributed by atoms with E-state index >= 15 is 0 Å². The Hall–Kier alpha value is -2.33. The van der Waals surface area contributed by atoms with E-state index in [0.29, 0.717) is 17.3 Å². The summed E-state index contributed by atoms with van der Waals surface area (Å²) in [4.78, 5) is 26.5. The number of carbonyl (C=O) groups excluding carboxylic acids is 2. The van der Waals surface area contributed by atoms with E-state index < -0.39 is 0 Å². The van der Waals surface area contributed by atoms with E-state index in [2.05, 4.69) is 5.32 Å². The van der Waals surface area contributed by atoms with Crippen molar-refractivity contribution >= 4 is 34.8 Å². The van der Waals surface area contributed by atoms with Crippen molar-refractivity contribution in [3.8, 4) is 0 Å². The molecule has 24 heavy (non-hydrogen) atoms. The molecule has 5 heteroatoms. The van der Waals surface area contributed by atoms with Gasteiger partial charge >= 0.3 is 0 Å². The number of rotatable bonds is 3. The average Bonchev–Trinajstić information content (AvgIpc) is 2.93. The van der Waals surface area contributed by atoms with Gasteiger partial charge in [-0.15, -0.1) is 0 Å². The largest absolute Gasteiger partial charge is 0.325 e. The van der Waals surface area contributed by atoms with Crippen molar-refractivity contribution < 1.29 is 9.59 Å². The lowest BCUT2D eigenvalue weighted by atomic mass is 10.1. The number of nitrogens with zero attached hydrogens (tertiary/aromatic N) is 1. The number of nitrogens with one attached hydrogen (secondary N) is 1. The molecule has 0 aromatic heterocycles. The molecule has 0 radical (unpaired) electrons. The second-order valence-corrected chi connectivity index (χ2v) is 6.63. The molecule has 0 bridgehead atoms. The molecule has 0 saturated carbocycles. The van der Waals surface area contributed by atoms with E-state index in [-0.39, 0.29) is 24.2 Å². The summed E-state index contributed by atoms with van der Waals surface area (Å²) in [6.07, 6.45) is 0.222. The smallest absolute Gasteiger partial charge is 0.229 e. The minimum Gasteiger partial charge on any atom is -0.325 e. The molecule has 4 nitrogen and oxygen atoms in total. The second-order valence-electron chi connectivity index (χ2n) is 6.19. The van der Waals surface area contributed by atoms with Crippen LogP contribution >= 0.6 is 11.6 Å². The molecule has 1 aliphatic rings. The van der Waals surface area contributed by atoms with Crippen LogP contribution in [-0.2, 0) is 9.59 Å². The maximum absolute atomic E-state index is 12.5. The molecule has 1 fully saturated rings. The zero-order chi connectivity index (χ0) is 17.3. The van der Waals surface area contributed by atoms with Crippen molar-refractivity contribution in [2.45, 2.75) is 20.3 Å². The number of benzene rings is 2. The molecule has 124 valence electrons. The van der Waals surface area contributed by atoms with Gasteiger partial charge in [0.15, 0.2) is 0 Å². The quantitative estimate of drug-likeness (QED) is 0.918. The molecule has 2 amide bonds. The zero-order valence-electron chi connectivity index (χ0n) is 13.7. The van der Waals surface area contributed by atoms with Crippen LogP contribution in [0.3, 0.4) is 0 Å². The van der Waals surface area contributed by atoms with Gasteiger partial charge in [-0.05, 0) is 49.2 Å². The lowest BCUT2D eigenvalue weighted by molar-refractivity contribution is -0.122. The number of amides is 2. The molecule has 0 spiro atoms. The zero-order valence-corrected chi connectivity index (χ0v) is 14.4. The number of hydrogen-bond acceptors (Lipinski definition) is 2. The van der Waals surface area contributed by atoms with Gasteiger partial charge in [-0.1, -0.05) is 29.8 Å². The van der Waals surface area contributed by atoms with Crippen LogP contribution in [0.5, 0.6) is 0 Å². The van der Waals surface area contributed by atoms with Crippen molar-refractivity contribution in [1.29, 1.82) is 0 Å². The molecule has 0 unspecified atom stereocenters. The summed E-state index contributed by atoms with van der Waals surface area (Å²) in [5, 5.41) is 3.46. The van der Waals surface area contributed by atoms with E-state index in [1.807, 2.05) is 44.2 Å². The highest BCUT2D eigenvalue weighted by Crippen LogP contribution is 2.27. The summed E-state index contributed by atoms with van der Waals surface area (Å²) in [6.45, 7) is 4.29. The molecule has 3 rings (SSSR count). The Morgan fingerprint density at radius 3 is 2.75 bits per heavy atom. The van der Waals surface area contributed by atoms with Gasteiger partial charge in [-0.3, -0.25) is 9.59 Å². The first-order valence-corrected chi connectivity index (χ1v) is 8.26. The standard InChI is InChI=1S/C19H19ClN2O2/c1-12-4-3-5-16(8-12)22-11-14(9-18(22)23)19(24)21-17-10-15(20)7-6-13(17)2/h3-8,10,14H,9,11H2,1-2H3,(H,21,24)/t14-/m0/s1. The summed E-state index contributed by atoms with van der Waals surface area (Å²) in [7, 11) is 0. The first kappa shape index (κ1) is 16.5.